The number of esters is 4. The van der Waals surface area contributed by atoms with Crippen LogP contribution in [0.4, 0.5) is 0 Å². The van der Waals surface area contributed by atoms with Gasteiger partial charge in [0.05, 0.1) is 32.8 Å². The third-order valence-electron chi connectivity index (χ3n) is 15.8. The third-order valence-corrected chi connectivity index (χ3v) is 17.7. The molecule has 0 rings (SSSR count). The van der Waals surface area contributed by atoms with Crippen molar-refractivity contribution < 1.29 is 80.2 Å². The molecule has 19 heteroatoms. The van der Waals surface area contributed by atoms with Gasteiger partial charge in [0.25, 0.3) is 0 Å². The van der Waals surface area contributed by atoms with Gasteiger partial charge >= 0.3 is 39.5 Å². The van der Waals surface area contributed by atoms with Crippen molar-refractivity contribution in [2.75, 3.05) is 39.6 Å². The lowest BCUT2D eigenvalue weighted by Crippen LogP contribution is -2.30. The lowest BCUT2D eigenvalue weighted by molar-refractivity contribution is -0.161. The van der Waals surface area contributed by atoms with Crippen molar-refractivity contribution in [1.82, 2.24) is 0 Å². The number of phosphoric acid groups is 2. The van der Waals surface area contributed by atoms with Gasteiger partial charge in [-0.15, -0.1) is 0 Å². The Labute approximate surface area is 617 Å². The molecular weight excluding hydrogens is 1330 g/mol. The summed E-state index contributed by atoms with van der Waals surface area (Å²) in [5, 5.41) is 10.6. The Morgan fingerprint density at radius 2 is 0.559 bits per heavy atom. The summed E-state index contributed by atoms with van der Waals surface area (Å²) in [7, 11) is -10.0. The number of hydrogen-bond donors (Lipinski definition) is 3. The van der Waals surface area contributed by atoms with E-state index in [2.05, 4.69) is 137 Å². The number of phosphoric ester groups is 2. The zero-order valence-corrected chi connectivity index (χ0v) is 65.3. The van der Waals surface area contributed by atoms with Crippen molar-refractivity contribution in [3.63, 3.8) is 0 Å². The Bertz CT molecular complexity index is 2510. The number of hydrogen-bond acceptors (Lipinski definition) is 15. The number of aliphatic hydroxyl groups is 1. The predicted molar refractivity (Wildman–Crippen MR) is 417 cm³/mol. The molecule has 0 saturated heterocycles. The SMILES string of the molecule is CC/C=C\C/C=C\C/C=C\C/C=C\C/C=C\CCCC(=O)OCC(COP(=O)(O)OCC(O)COP(=O)(O)OCC(COC(=O)C/C=C\C/C=C\C/C=C\C/C=C\C/C=C\CC)OC(=O)CCCCCCCCCCCCCCCCC)OC(=O)CCCCCCC/C=C\C/C=C\CCCCC. The highest BCUT2D eigenvalue weighted by Gasteiger charge is 2.30. The van der Waals surface area contributed by atoms with Crippen LogP contribution in [0, 0.1) is 0 Å². The molecule has 0 aliphatic rings. The Balaban J connectivity index is 5.48. The van der Waals surface area contributed by atoms with E-state index in [9.17, 15) is 43.2 Å². The summed E-state index contributed by atoms with van der Waals surface area (Å²) >= 11 is 0. The van der Waals surface area contributed by atoms with Gasteiger partial charge in [0.2, 0.25) is 0 Å². The number of ether oxygens (including phenoxy) is 4. The zero-order valence-electron chi connectivity index (χ0n) is 63.5. The van der Waals surface area contributed by atoms with E-state index in [1.807, 2.05) is 30.4 Å². The largest absolute Gasteiger partial charge is 0.472 e. The summed E-state index contributed by atoms with van der Waals surface area (Å²) < 4.78 is 68.4. The Morgan fingerprint density at radius 1 is 0.294 bits per heavy atom. The van der Waals surface area contributed by atoms with Gasteiger partial charge in [0, 0.05) is 19.3 Å². The number of carbonyl (C=O) groups is 4. The molecule has 0 fully saturated rings. The first-order valence-corrected chi connectivity index (χ1v) is 42.1. The van der Waals surface area contributed by atoms with Crippen LogP contribution >= 0.6 is 15.6 Å². The van der Waals surface area contributed by atoms with Crippen molar-refractivity contribution in [3.8, 4) is 0 Å². The molecule has 0 aromatic heterocycles. The molecule has 17 nitrogen and oxygen atoms in total. The maximum absolute atomic E-state index is 13.1. The van der Waals surface area contributed by atoms with E-state index in [0.717, 1.165) is 128 Å². The molecule has 0 aromatic rings. The minimum absolute atomic E-state index is 0.0609. The zero-order chi connectivity index (χ0) is 74.6. The molecule has 3 N–H and O–H groups in total. The van der Waals surface area contributed by atoms with Gasteiger partial charge in [-0.2, -0.15) is 0 Å². The third kappa shape index (κ3) is 73.3. The summed E-state index contributed by atoms with van der Waals surface area (Å²) in [5.74, 6) is -2.41. The smallest absolute Gasteiger partial charge is 0.462 e. The lowest BCUT2D eigenvalue weighted by atomic mass is 10.0. The Morgan fingerprint density at radius 3 is 0.922 bits per heavy atom. The molecule has 0 bridgehead atoms. The Hall–Kier alpha value is -5.06. The van der Waals surface area contributed by atoms with Crippen molar-refractivity contribution in [1.29, 1.82) is 0 Å². The second-order valence-corrected chi connectivity index (χ2v) is 28.5. The molecule has 102 heavy (non-hydrogen) atoms. The van der Waals surface area contributed by atoms with Crippen LogP contribution in [0.1, 0.15) is 297 Å². The Kier molecular flexibility index (Phi) is 70.5. The van der Waals surface area contributed by atoms with E-state index < -0.39 is 97.5 Å². The highest BCUT2D eigenvalue weighted by molar-refractivity contribution is 7.47. The second kappa shape index (κ2) is 74.2. The lowest BCUT2D eigenvalue weighted by Gasteiger charge is -2.21. The number of aliphatic hydroxyl groups excluding tert-OH is 1. The van der Waals surface area contributed by atoms with E-state index in [-0.39, 0.29) is 25.7 Å². The van der Waals surface area contributed by atoms with Gasteiger partial charge in [-0.25, -0.2) is 9.13 Å². The molecule has 0 radical (unpaired) electrons. The summed E-state index contributed by atoms with van der Waals surface area (Å²) in [6.07, 6.45) is 84.4. The van der Waals surface area contributed by atoms with Gasteiger partial charge in [0.15, 0.2) is 12.2 Å². The topological polar surface area (TPSA) is 237 Å². The fourth-order valence-electron chi connectivity index (χ4n) is 9.95. The maximum Gasteiger partial charge on any atom is 0.472 e. The molecular formula is C83H138O17P2. The standard InChI is InChI=1S/C83H138O17P2/c1-5-9-13-17-21-25-29-33-37-38-42-44-48-52-56-60-64-68-81(86)94-74-79(100-83(88)70-66-62-58-54-50-46-41-36-32-28-24-20-16-12-8-4)76-98-102(91,92)96-72-77(84)71-95-101(89,90)97-75-78(99-82(87)69-65-61-57-53-49-45-40-35-31-27-23-19-15-11-7-3)73-93-80(85)67-63-59-55-51-47-43-39-34-30-26-22-18-14-10-6-2/h9-10,13-14,21-22,24-26,28,33-34,36-37,39,41-42,44,47,51-52,56,59,63,77-79,84H,5-8,11-12,15-20,23,27,29-32,35,38,40,43,45-46,48-50,53-55,57-58,60-62,64-76H2,1-4H3,(H,89,90)(H,91,92)/b13-9-,14-10-,25-21-,26-22-,28-24-,37-33-,39-34-,41-36-,44-42-,51-47-,56-52-,63-59-. The predicted octanol–water partition coefficient (Wildman–Crippen LogP) is 22.7. The van der Waals surface area contributed by atoms with E-state index in [0.29, 0.717) is 32.1 Å². The van der Waals surface area contributed by atoms with Crippen LogP contribution in [0.3, 0.4) is 0 Å². The molecule has 0 aliphatic heterocycles. The fraction of sp³-hybridized carbons (Fsp3) is 0.663. The molecule has 5 unspecified atom stereocenters. The van der Waals surface area contributed by atoms with E-state index >= 15 is 0 Å². The summed E-state index contributed by atoms with van der Waals surface area (Å²) in [5.41, 5.74) is 0. The second-order valence-electron chi connectivity index (χ2n) is 25.6. The van der Waals surface area contributed by atoms with Crippen LogP contribution in [0.15, 0.2) is 146 Å². The van der Waals surface area contributed by atoms with E-state index in [1.165, 1.54) is 83.5 Å². The average molecular weight is 1470 g/mol. The number of carbonyl (C=O) groups excluding carboxylic acids is 4. The maximum atomic E-state index is 13.1. The van der Waals surface area contributed by atoms with Crippen molar-refractivity contribution in [3.05, 3.63) is 146 Å². The highest BCUT2D eigenvalue weighted by atomic mass is 31.2. The van der Waals surface area contributed by atoms with Crippen LogP contribution in [0.5, 0.6) is 0 Å². The fourth-order valence-corrected chi connectivity index (χ4v) is 11.5. The van der Waals surface area contributed by atoms with Crippen molar-refractivity contribution in [2.45, 2.75) is 316 Å². The quantitative estimate of drug-likeness (QED) is 0.0169. The van der Waals surface area contributed by atoms with Crippen LogP contribution in [-0.2, 0) is 65.4 Å². The first kappa shape index (κ1) is 96.9. The van der Waals surface area contributed by atoms with Gasteiger partial charge < -0.3 is 33.8 Å². The monoisotopic (exact) mass is 1470 g/mol. The minimum Gasteiger partial charge on any atom is -0.462 e. The van der Waals surface area contributed by atoms with Crippen LogP contribution in [0.2, 0.25) is 0 Å². The molecule has 0 aliphatic carbocycles. The number of allylic oxidation sites excluding steroid dienone is 23. The van der Waals surface area contributed by atoms with E-state index in [1.54, 1.807) is 6.08 Å². The van der Waals surface area contributed by atoms with Crippen molar-refractivity contribution in [2.24, 2.45) is 0 Å². The van der Waals surface area contributed by atoms with Crippen LogP contribution in [-0.4, -0.2) is 96.7 Å². The molecule has 0 spiro atoms. The highest BCUT2D eigenvalue weighted by Crippen LogP contribution is 2.45. The average Bonchev–Trinajstić information content (AvgIpc) is 0.923. The molecule has 0 saturated carbocycles. The first-order valence-electron chi connectivity index (χ1n) is 39.1. The van der Waals surface area contributed by atoms with Gasteiger partial charge in [-0.3, -0.25) is 37.3 Å². The summed E-state index contributed by atoms with van der Waals surface area (Å²) in [4.78, 5) is 72.9. The van der Waals surface area contributed by atoms with Crippen LogP contribution in [0.25, 0.3) is 0 Å². The summed E-state index contributed by atoms with van der Waals surface area (Å²) in [6, 6.07) is 0. The molecule has 0 amide bonds. The molecule has 0 heterocycles. The minimum atomic E-state index is -5.00. The molecule has 5 atom stereocenters. The van der Waals surface area contributed by atoms with Crippen LogP contribution < -0.4 is 0 Å². The van der Waals surface area contributed by atoms with Gasteiger partial charge in [-0.1, -0.05) is 296 Å². The first-order chi connectivity index (χ1) is 49.7. The van der Waals surface area contributed by atoms with Gasteiger partial charge in [0.1, 0.15) is 19.3 Å². The number of unbranched alkanes of at least 4 members (excludes halogenated alkanes) is 23. The van der Waals surface area contributed by atoms with E-state index in [4.69, 9.17) is 37.0 Å². The number of rotatable bonds is 72. The van der Waals surface area contributed by atoms with Gasteiger partial charge in [-0.05, 0) is 122 Å². The normalized spacial score (nSPS) is 14.7. The summed E-state index contributed by atoms with van der Waals surface area (Å²) in [6.45, 7) is 4.43. The molecule has 0 aromatic carbocycles. The molecule has 582 valence electrons. The van der Waals surface area contributed by atoms with Crippen molar-refractivity contribution >= 4 is 39.5 Å².